The van der Waals surface area contributed by atoms with Crippen molar-refractivity contribution >= 4 is 40.0 Å². The smallest absolute Gasteiger partial charge is 0.194 e. The summed E-state index contributed by atoms with van der Waals surface area (Å²) in [4.78, 5) is 32.9. The lowest BCUT2D eigenvalue weighted by molar-refractivity contribution is 0.0979. The lowest BCUT2D eigenvalue weighted by Crippen LogP contribution is -2.32. The summed E-state index contributed by atoms with van der Waals surface area (Å²) in [6.45, 7) is 15.2. The first-order valence-electron chi connectivity index (χ1n) is 21.0. The van der Waals surface area contributed by atoms with Crippen LogP contribution in [0.4, 0.5) is 28.4 Å². The maximum Gasteiger partial charge on any atom is 0.194 e. The topological polar surface area (TPSA) is 40.6 Å². The van der Waals surface area contributed by atoms with E-state index in [1.807, 2.05) is 48.6 Å². The molecule has 0 amide bonds. The highest BCUT2D eigenvalue weighted by molar-refractivity contribution is 6.29. The van der Waals surface area contributed by atoms with Crippen LogP contribution in [-0.2, 0) is 10.8 Å². The molecule has 0 N–H and O–H groups in total. The van der Waals surface area contributed by atoms with Gasteiger partial charge < -0.3 is 9.80 Å². The molecule has 0 fully saturated rings. The molecule has 1 aliphatic carbocycles. The predicted octanol–water partition coefficient (Wildman–Crippen LogP) is 14.4. The second-order valence-electron chi connectivity index (χ2n) is 17.4. The van der Waals surface area contributed by atoms with Gasteiger partial charge in [0.25, 0.3) is 0 Å². The number of nitrogens with zero attached hydrogens (tertiary/aromatic N) is 2. The molecule has 61 heavy (non-hydrogen) atoms. The van der Waals surface area contributed by atoms with Gasteiger partial charge in [0.1, 0.15) is 0 Å². The molecular weight excluding hydrogens is 745 g/mol. The molecule has 4 heteroatoms. The van der Waals surface area contributed by atoms with Crippen LogP contribution in [0.2, 0.25) is 0 Å². The Morgan fingerprint density at radius 2 is 0.852 bits per heavy atom. The van der Waals surface area contributed by atoms with Crippen molar-refractivity contribution in [3.05, 3.63) is 233 Å². The summed E-state index contributed by atoms with van der Waals surface area (Å²) in [6.07, 6.45) is 5.93. The number of ketones is 2. The van der Waals surface area contributed by atoms with Gasteiger partial charge in [0.2, 0.25) is 0 Å². The third kappa shape index (κ3) is 5.89. The van der Waals surface area contributed by atoms with Crippen LogP contribution in [0.1, 0.15) is 83.2 Å². The molecule has 0 spiro atoms. The Morgan fingerprint density at radius 1 is 0.459 bits per heavy atom. The van der Waals surface area contributed by atoms with Crippen molar-refractivity contribution in [3.63, 3.8) is 0 Å². The van der Waals surface area contributed by atoms with E-state index in [9.17, 15) is 9.59 Å². The first kappa shape index (κ1) is 37.9. The van der Waals surface area contributed by atoms with Crippen molar-refractivity contribution < 1.29 is 9.59 Å². The highest BCUT2D eigenvalue weighted by atomic mass is 16.1. The van der Waals surface area contributed by atoms with E-state index in [1.165, 1.54) is 33.6 Å². The van der Waals surface area contributed by atoms with Crippen molar-refractivity contribution in [2.75, 3.05) is 9.80 Å². The molecule has 0 radical (unpaired) electrons. The van der Waals surface area contributed by atoms with Gasteiger partial charge in [-0.05, 0) is 124 Å². The number of allylic oxidation sites excluding steroid dienone is 4. The molecule has 296 valence electrons. The molecule has 2 aliphatic heterocycles. The fourth-order valence-electron chi connectivity index (χ4n) is 9.72. The fraction of sp³-hybridized carbons (Fsp3) is 0.123. The molecular formula is C57H46N2O2. The molecule has 0 unspecified atom stereocenters. The van der Waals surface area contributed by atoms with E-state index in [4.69, 9.17) is 0 Å². The quantitative estimate of drug-likeness (QED) is 0.157. The van der Waals surface area contributed by atoms with Crippen LogP contribution in [0, 0.1) is 0 Å². The summed E-state index contributed by atoms with van der Waals surface area (Å²) in [5.41, 5.74) is 17.0. The summed E-state index contributed by atoms with van der Waals surface area (Å²) >= 11 is 0. The largest absolute Gasteiger partial charge is 0.310 e. The first-order chi connectivity index (χ1) is 29.5. The molecule has 0 atom stereocenters. The number of anilines is 5. The van der Waals surface area contributed by atoms with Gasteiger partial charge in [0, 0.05) is 50.2 Å². The van der Waals surface area contributed by atoms with Gasteiger partial charge in [-0.25, -0.2) is 0 Å². The summed E-state index contributed by atoms with van der Waals surface area (Å²) in [5, 5.41) is 0. The number of rotatable bonds is 6. The second-order valence-corrected chi connectivity index (χ2v) is 17.4. The number of fused-ring (bicyclic) bond motifs is 5. The number of para-hydroxylation sites is 3. The zero-order valence-corrected chi connectivity index (χ0v) is 35.2. The minimum atomic E-state index is -0.139. The van der Waals surface area contributed by atoms with Crippen LogP contribution < -0.4 is 9.80 Å². The molecule has 7 aromatic rings. The summed E-state index contributed by atoms with van der Waals surface area (Å²) in [6, 6.07) is 54.0. The third-order valence-electron chi connectivity index (χ3n) is 13.3. The highest BCUT2D eigenvalue weighted by Gasteiger charge is 2.38. The van der Waals surface area contributed by atoms with Gasteiger partial charge in [0.05, 0.1) is 17.1 Å². The zero-order valence-electron chi connectivity index (χ0n) is 35.2. The Labute approximate surface area is 358 Å². The SMILES string of the molecule is C=C/C=C\C1=C(C)C(C)(C)c2ccccc2N1c1ccc(-c2ccc3c(c2)C(=O)c2ccc(-c4ccc(N5c6ccccc6C(C)(C)c6ccccc65)cc4)cc2C3=O)cc1. The van der Waals surface area contributed by atoms with E-state index in [0.29, 0.717) is 22.3 Å². The predicted molar refractivity (Wildman–Crippen MR) is 251 cm³/mol. The van der Waals surface area contributed by atoms with Crippen LogP contribution in [0.25, 0.3) is 22.3 Å². The van der Waals surface area contributed by atoms with Crippen LogP contribution in [0.3, 0.4) is 0 Å². The zero-order chi connectivity index (χ0) is 42.2. The van der Waals surface area contributed by atoms with Gasteiger partial charge in [-0.2, -0.15) is 0 Å². The summed E-state index contributed by atoms with van der Waals surface area (Å²) in [7, 11) is 0. The minimum Gasteiger partial charge on any atom is -0.310 e. The number of benzene rings is 7. The average Bonchev–Trinajstić information content (AvgIpc) is 3.29. The van der Waals surface area contributed by atoms with E-state index < -0.39 is 0 Å². The number of carbonyl (C=O) groups excluding carboxylic acids is 2. The maximum absolute atomic E-state index is 14.2. The van der Waals surface area contributed by atoms with Crippen molar-refractivity contribution in [2.45, 2.75) is 45.4 Å². The molecule has 0 saturated heterocycles. The molecule has 7 aromatic carbocycles. The van der Waals surface area contributed by atoms with E-state index in [1.54, 1.807) is 0 Å². The molecule has 3 aliphatic rings. The summed E-state index contributed by atoms with van der Waals surface area (Å²) in [5.74, 6) is -0.273. The van der Waals surface area contributed by atoms with Gasteiger partial charge in [-0.15, -0.1) is 0 Å². The van der Waals surface area contributed by atoms with Gasteiger partial charge >= 0.3 is 0 Å². The van der Waals surface area contributed by atoms with Crippen LogP contribution in [-0.4, -0.2) is 11.6 Å². The number of hydrogen-bond donors (Lipinski definition) is 0. The molecule has 0 saturated carbocycles. The molecule has 4 nitrogen and oxygen atoms in total. The molecule has 10 rings (SSSR count). The van der Waals surface area contributed by atoms with Gasteiger partial charge in [0.15, 0.2) is 11.6 Å². The Hall–Kier alpha value is -7.30. The van der Waals surface area contributed by atoms with Crippen molar-refractivity contribution in [1.82, 2.24) is 0 Å². The van der Waals surface area contributed by atoms with Crippen LogP contribution in [0.5, 0.6) is 0 Å². The standard InChI is InChI=1S/C57H46N2O2/c1-7-8-18-50-36(2)56(3,4)47-15-9-12-19-51(47)58(50)41-28-22-37(23-29-41)39-26-32-43-45(34-39)54(60)44-33-27-40(35-46(44)55(43)61)38-24-30-42(31-25-38)59-52-20-13-10-16-48(52)57(5,6)49-17-11-14-21-53(49)59/h7-35H,1H2,2-6H3/b18-8-. The van der Waals surface area contributed by atoms with E-state index >= 15 is 0 Å². The van der Waals surface area contributed by atoms with Crippen LogP contribution >= 0.6 is 0 Å². The lowest BCUT2D eigenvalue weighted by atomic mass is 9.73. The minimum absolute atomic E-state index is 0.132. The fourth-order valence-corrected chi connectivity index (χ4v) is 9.72. The molecule has 0 aromatic heterocycles. The van der Waals surface area contributed by atoms with Gasteiger partial charge in [-0.3, -0.25) is 9.59 Å². The normalized spacial score (nSPS) is 15.8. The number of carbonyl (C=O) groups is 2. The highest BCUT2D eigenvalue weighted by Crippen LogP contribution is 2.52. The van der Waals surface area contributed by atoms with E-state index in [-0.39, 0.29) is 22.4 Å². The second kappa shape index (κ2) is 14.2. The Bertz CT molecular complexity index is 2980. The lowest BCUT2D eigenvalue weighted by Gasteiger charge is -2.42. The van der Waals surface area contributed by atoms with Crippen LogP contribution in [0.15, 0.2) is 194 Å². The third-order valence-corrected chi connectivity index (χ3v) is 13.3. The van der Waals surface area contributed by atoms with Crippen molar-refractivity contribution in [1.29, 1.82) is 0 Å². The molecule has 2 heterocycles. The average molecular weight is 791 g/mol. The van der Waals surface area contributed by atoms with E-state index in [2.05, 4.69) is 178 Å². The Balaban J connectivity index is 0.936. The molecule has 0 bridgehead atoms. The van der Waals surface area contributed by atoms with Gasteiger partial charge in [-0.1, -0.05) is 137 Å². The first-order valence-corrected chi connectivity index (χ1v) is 21.0. The Kier molecular flexibility index (Phi) is 8.81. The van der Waals surface area contributed by atoms with Crippen molar-refractivity contribution in [2.24, 2.45) is 0 Å². The Morgan fingerprint density at radius 3 is 1.31 bits per heavy atom. The monoisotopic (exact) mass is 790 g/mol. The van der Waals surface area contributed by atoms with E-state index in [0.717, 1.165) is 45.0 Å². The number of hydrogen-bond acceptors (Lipinski definition) is 4. The summed E-state index contributed by atoms with van der Waals surface area (Å²) < 4.78 is 0. The van der Waals surface area contributed by atoms with Crippen molar-refractivity contribution in [3.8, 4) is 22.3 Å². The maximum atomic E-state index is 14.2.